The lowest BCUT2D eigenvalue weighted by atomic mass is 10.0. The normalized spacial score (nSPS) is 12.4. The Hall–Kier alpha value is -2.48. The summed E-state index contributed by atoms with van der Waals surface area (Å²) in [7, 11) is -3.77. The number of rotatable bonds is 9. The van der Waals surface area contributed by atoms with Crippen LogP contribution < -0.4 is 9.62 Å². The molecule has 0 saturated carbocycles. The van der Waals surface area contributed by atoms with Crippen molar-refractivity contribution >= 4 is 21.6 Å². The summed E-state index contributed by atoms with van der Waals surface area (Å²) in [6.07, 6.45) is 1.24. The molecule has 5 nitrogen and oxygen atoms in total. The van der Waals surface area contributed by atoms with Gasteiger partial charge in [-0.2, -0.15) is 0 Å². The Labute approximate surface area is 164 Å². The van der Waals surface area contributed by atoms with Crippen molar-refractivity contribution in [2.45, 2.75) is 25.7 Å². The predicted molar refractivity (Wildman–Crippen MR) is 106 cm³/mol. The summed E-state index contributed by atoms with van der Waals surface area (Å²) in [5, 5.41) is 2.82. The maximum absolute atomic E-state index is 14.0. The average Bonchev–Trinajstić information content (AvgIpc) is 2.64. The second kappa shape index (κ2) is 9.64. The predicted octanol–water partition coefficient (Wildman–Crippen LogP) is 3.43. The molecule has 0 fully saturated rings. The number of carbonyl (C=O) groups excluding carboxylic acids is 1. The van der Waals surface area contributed by atoms with Gasteiger partial charge in [0.05, 0.1) is 11.9 Å². The summed E-state index contributed by atoms with van der Waals surface area (Å²) in [5.41, 5.74) is 0.875. The molecule has 8 heteroatoms. The fraction of sp³-hybridized carbons (Fsp3) is 0.350. The summed E-state index contributed by atoms with van der Waals surface area (Å²) in [5.74, 6) is -1.82. The lowest BCUT2D eigenvalue weighted by Crippen LogP contribution is -2.33. The molecule has 0 aliphatic rings. The molecule has 1 atom stereocenters. The van der Waals surface area contributed by atoms with Gasteiger partial charge in [-0.05, 0) is 30.0 Å². The molecule has 2 aromatic carbocycles. The summed E-state index contributed by atoms with van der Waals surface area (Å²) in [6, 6.07) is 12.5. The van der Waals surface area contributed by atoms with Gasteiger partial charge < -0.3 is 5.32 Å². The first-order chi connectivity index (χ1) is 13.2. The van der Waals surface area contributed by atoms with E-state index in [9.17, 15) is 22.0 Å². The lowest BCUT2D eigenvalue weighted by molar-refractivity contribution is -0.121. The van der Waals surface area contributed by atoms with E-state index < -0.39 is 21.7 Å². The largest absolute Gasteiger partial charge is 0.356 e. The maximum atomic E-state index is 14.0. The minimum absolute atomic E-state index is 0.0803. The van der Waals surface area contributed by atoms with Gasteiger partial charge in [0.25, 0.3) is 0 Å². The van der Waals surface area contributed by atoms with Crippen molar-refractivity contribution < 1.29 is 22.0 Å². The van der Waals surface area contributed by atoms with Gasteiger partial charge in [-0.25, -0.2) is 17.2 Å². The van der Waals surface area contributed by atoms with Crippen LogP contribution >= 0.6 is 0 Å². The van der Waals surface area contributed by atoms with Gasteiger partial charge in [-0.15, -0.1) is 0 Å². The molecule has 152 valence electrons. The summed E-state index contributed by atoms with van der Waals surface area (Å²) < 4.78 is 51.9. The molecule has 1 amide bonds. The zero-order valence-electron chi connectivity index (χ0n) is 15.9. The zero-order valence-corrected chi connectivity index (χ0v) is 16.7. The highest BCUT2D eigenvalue weighted by Gasteiger charge is 2.21. The van der Waals surface area contributed by atoms with Crippen LogP contribution in [0.15, 0.2) is 48.5 Å². The van der Waals surface area contributed by atoms with Gasteiger partial charge in [-0.3, -0.25) is 9.10 Å². The number of anilines is 1. The minimum atomic E-state index is -3.77. The van der Waals surface area contributed by atoms with Crippen LogP contribution in [0.25, 0.3) is 0 Å². The van der Waals surface area contributed by atoms with E-state index in [-0.39, 0.29) is 36.9 Å². The summed E-state index contributed by atoms with van der Waals surface area (Å²) >= 11 is 0. The molecule has 0 aliphatic carbocycles. The number of halogens is 2. The van der Waals surface area contributed by atoms with E-state index >= 15 is 0 Å². The van der Waals surface area contributed by atoms with Crippen LogP contribution in [-0.4, -0.2) is 33.7 Å². The number of nitrogens with zero attached hydrogens (tertiary/aromatic N) is 1. The van der Waals surface area contributed by atoms with Gasteiger partial charge >= 0.3 is 0 Å². The molecule has 0 heterocycles. The van der Waals surface area contributed by atoms with Crippen LogP contribution in [0.1, 0.15) is 31.2 Å². The highest BCUT2D eigenvalue weighted by atomic mass is 32.2. The van der Waals surface area contributed by atoms with Crippen molar-refractivity contribution in [2.75, 3.05) is 23.7 Å². The van der Waals surface area contributed by atoms with E-state index in [0.717, 1.165) is 28.3 Å². The molecule has 0 aromatic heterocycles. The first kappa shape index (κ1) is 21.8. The smallest absolute Gasteiger partial charge is 0.232 e. The van der Waals surface area contributed by atoms with E-state index in [1.807, 2.05) is 37.3 Å². The van der Waals surface area contributed by atoms with Crippen LogP contribution in [0, 0.1) is 11.6 Å². The Bertz CT molecular complexity index is 905. The molecule has 0 bridgehead atoms. The van der Waals surface area contributed by atoms with Gasteiger partial charge in [-0.1, -0.05) is 37.3 Å². The number of benzene rings is 2. The molecular weight excluding hydrogens is 386 g/mol. The highest BCUT2D eigenvalue weighted by molar-refractivity contribution is 7.92. The first-order valence-electron chi connectivity index (χ1n) is 8.93. The Morgan fingerprint density at radius 1 is 1.14 bits per heavy atom. The van der Waals surface area contributed by atoms with Crippen molar-refractivity contribution in [3.05, 3.63) is 65.7 Å². The fourth-order valence-corrected chi connectivity index (χ4v) is 3.75. The first-order valence-corrected chi connectivity index (χ1v) is 10.8. The molecule has 2 aromatic rings. The molecule has 0 spiro atoms. The van der Waals surface area contributed by atoms with Crippen LogP contribution in [0.2, 0.25) is 0 Å². The van der Waals surface area contributed by atoms with Crippen molar-refractivity contribution in [1.29, 1.82) is 0 Å². The Morgan fingerprint density at radius 2 is 1.82 bits per heavy atom. The van der Waals surface area contributed by atoms with E-state index in [4.69, 9.17) is 0 Å². The molecule has 1 N–H and O–H groups in total. The van der Waals surface area contributed by atoms with Crippen LogP contribution in [0.4, 0.5) is 14.5 Å². The molecule has 0 saturated heterocycles. The standard InChI is InChI=1S/C20H24F2N2O3S/c1-15(16-7-4-3-5-8-16)14-23-20(25)9-6-12-24(28(2,26)27)19-11-10-17(21)13-18(19)22/h3-5,7-8,10-11,13,15H,6,9,12,14H2,1-2H3,(H,23,25)/t15-/m0/s1. The molecule has 2 rings (SSSR count). The van der Waals surface area contributed by atoms with Crippen molar-refractivity contribution in [2.24, 2.45) is 0 Å². The molecule has 0 aliphatic heterocycles. The summed E-state index contributed by atoms with van der Waals surface area (Å²) in [6.45, 7) is 2.38. The van der Waals surface area contributed by atoms with Crippen LogP contribution in [-0.2, 0) is 14.8 Å². The topological polar surface area (TPSA) is 66.5 Å². The quantitative estimate of drug-likeness (QED) is 0.689. The zero-order chi connectivity index (χ0) is 20.7. The van der Waals surface area contributed by atoms with Gasteiger partial charge in [0.1, 0.15) is 11.6 Å². The molecule has 0 radical (unpaired) electrons. The molecule has 28 heavy (non-hydrogen) atoms. The second-order valence-corrected chi connectivity index (χ2v) is 8.56. The number of hydrogen-bond acceptors (Lipinski definition) is 3. The number of carbonyl (C=O) groups is 1. The monoisotopic (exact) mass is 410 g/mol. The lowest BCUT2D eigenvalue weighted by Gasteiger charge is -2.23. The Kier molecular flexibility index (Phi) is 7.51. The molecular formula is C20H24F2N2O3S. The maximum Gasteiger partial charge on any atom is 0.232 e. The number of nitrogens with one attached hydrogen (secondary N) is 1. The highest BCUT2D eigenvalue weighted by Crippen LogP contribution is 2.23. The van der Waals surface area contributed by atoms with Crippen LogP contribution in [0.3, 0.4) is 0 Å². The van der Waals surface area contributed by atoms with E-state index in [2.05, 4.69) is 5.32 Å². The third-order valence-corrected chi connectivity index (χ3v) is 5.50. The number of sulfonamides is 1. The van der Waals surface area contributed by atoms with Crippen LogP contribution in [0.5, 0.6) is 0 Å². The van der Waals surface area contributed by atoms with Gasteiger partial charge in [0.2, 0.25) is 15.9 Å². The fourth-order valence-electron chi connectivity index (χ4n) is 2.79. The van der Waals surface area contributed by atoms with E-state index in [1.54, 1.807) is 0 Å². The number of amides is 1. The third kappa shape index (κ3) is 6.30. The van der Waals surface area contributed by atoms with E-state index in [0.29, 0.717) is 12.6 Å². The average molecular weight is 410 g/mol. The van der Waals surface area contributed by atoms with Gasteiger partial charge in [0, 0.05) is 25.6 Å². The van der Waals surface area contributed by atoms with Crippen molar-refractivity contribution in [3.63, 3.8) is 0 Å². The van der Waals surface area contributed by atoms with Gasteiger partial charge in [0.15, 0.2) is 0 Å². The Balaban J connectivity index is 1.89. The Morgan fingerprint density at radius 3 is 2.43 bits per heavy atom. The number of hydrogen-bond donors (Lipinski definition) is 1. The van der Waals surface area contributed by atoms with Crippen molar-refractivity contribution in [3.8, 4) is 0 Å². The second-order valence-electron chi connectivity index (χ2n) is 6.65. The molecule has 0 unspecified atom stereocenters. The SMILES string of the molecule is C[C@@H](CNC(=O)CCCN(c1ccc(F)cc1F)S(C)(=O)=O)c1ccccc1. The van der Waals surface area contributed by atoms with E-state index in [1.165, 1.54) is 0 Å². The third-order valence-electron chi connectivity index (χ3n) is 4.32. The summed E-state index contributed by atoms with van der Waals surface area (Å²) in [4.78, 5) is 12.1. The van der Waals surface area contributed by atoms with Crippen molar-refractivity contribution in [1.82, 2.24) is 5.32 Å². The minimum Gasteiger partial charge on any atom is -0.356 e.